The number of amides is 1. The summed E-state index contributed by atoms with van der Waals surface area (Å²) in [6.07, 6.45) is 1.57. The van der Waals surface area contributed by atoms with Crippen LogP contribution in [0.5, 0.6) is 0 Å². The molecule has 1 amide bonds. The molecule has 0 atom stereocenters. The number of fused-ring (bicyclic) bond motifs is 1. The number of carboxylic acids is 1. The van der Waals surface area contributed by atoms with Crippen LogP contribution in [0.1, 0.15) is 19.3 Å². The molecule has 1 fully saturated rings. The number of carboxylic acid groups (broad SMARTS) is 1. The Kier molecular flexibility index (Phi) is 4.10. The second-order valence-corrected chi connectivity index (χ2v) is 7.56. The van der Waals surface area contributed by atoms with E-state index in [9.17, 15) is 9.59 Å². The third-order valence-corrected chi connectivity index (χ3v) is 6.02. The molecule has 1 aliphatic rings. The van der Waals surface area contributed by atoms with Gasteiger partial charge in [0.25, 0.3) is 5.91 Å². The molecule has 0 radical (unpaired) electrons. The lowest BCUT2D eigenvalue weighted by Gasteiger charge is -2.35. The van der Waals surface area contributed by atoms with E-state index in [2.05, 4.69) is 14.9 Å². The van der Waals surface area contributed by atoms with Crippen LogP contribution in [-0.2, 0) is 0 Å². The number of rotatable bonds is 3. The fraction of sp³-hybridized carbons (Fsp3) is 0.250. The average molecular weight is 374 g/mol. The number of nitrogens with zero attached hydrogens (tertiary/aromatic N) is 4. The highest BCUT2D eigenvalue weighted by atomic mass is 32.1. The van der Waals surface area contributed by atoms with Crippen molar-refractivity contribution in [2.24, 2.45) is 0 Å². The fourth-order valence-electron chi connectivity index (χ4n) is 2.87. The molecule has 0 unspecified atom stereocenters. The van der Waals surface area contributed by atoms with Crippen LogP contribution in [0.3, 0.4) is 0 Å². The van der Waals surface area contributed by atoms with E-state index in [0.29, 0.717) is 31.1 Å². The van der Waals surface area contributed by atoms with Gasteiger partial charge < -0.3 is 14.9 Å². The Morgan fingerprint density at radius 3 is 2.52 bits per heavy atom. The van der Waals surface area contributed by atoms with Crippen molar-refractivity contribution in [1.82, 2.24) is 14.9 Å². The van der Waals surface area contributed by atoms with E-state index in [0.717, 1.165) is 27.4 Å². The molecule has 0 spiro atoms. The van der Waals surface area contributed by atoms with E-state index >= 15 is 0 Å². The van der Waals surface area contributed by atoms with Crippen LogP contribution >= 0.6 is 22.7 Å². The Labute approximate surface area is 151 Å². The van der Waals surface area contributed by atoms with Crippen molar-refractivity contribution in [3.63, 3.8) is 0 Å². The molecule has 9 heteroatoms. The number of carbonyl (C=O) groups excluding carboxylic acids is 1. The number of aromatic nitrogens is 2. The number of thiophene rings is 2. The van der Waals surface area contributed by atoms with E-state index in [1.54, 1.807) is 28.6 Å². The standard InChI is InChI=1S/C16H14N4O3S2/c21-15(11-1-2-12(25-11)16(22)23)20-6-4-19(5-7-20)13-10-3-8-24-14(10)18-9-17-13/h1-3,8-9H,4-7H2,(H,22,23). The van der Waals surface area contributed by atoms with Crippen LogP contribution < -0.4 is 4.90 Å². The topological polar surface area (TPSA) is 86.6 Å². The van der Waals surface area contributed by atoms with Crippen molar-refractivity contribution in [3.05, 3.63) is 39.7 Å². The molecular formula is C16H14N4O3S2. The van der Waals surface area contributed by atoms with Gasteiger partial charge in [-0.25, -0.2) is 14.8 Å². The molecule has 1 saturated heterocycles. The molecule has 0 aromatic carbocycles. The monoisotopic (exact) mass is 374 g/mol. The third-order valence-electron chi connectivity index (χ3n) is 4.13. The third kappa shape index (κ3) is 2.96. The zero-order chi connectivity index (χ0) is 17.4. The molecule has 0 bridgehead atoms. The maximum Gasteiger partial charge on any atom is 0.345 e. The first-order valence-electron chi connectivity index (χ1n) is 7.69. The molecule has 0 aliphatic carbocycles. The van der Waals surface area contributed by atoms with Gasteiger partial charge >= 0.3 is 5.97 Å². The molecule has 25 heavy (non-hydrogen) atoms. The van der Waals surface area contributed by atoms with Gasteiger partial charge in [0.05, 0.1) is 10.3 Å². The van der Waals surface area contributed by atoms with Gasteiger partial charge in [0.2, 0.25) is 0 Å². The van der Waals surface area contributed by atoms with Crippen LogP contribution in [0, 0.1) is 0 Å². The molecule has 0 saturated carbocycles. The van der Waals surface area contributed by atoms with E-state index in [1.807, 2.05) is 11.4 Å². The lowest BCUT2D eigenvalue weighted by Crippen LogP contribution is -2.49. The first-order valence-corrected chi connectivity index (χ1v) is 9.38. The molecule has 1 N–H and O–H groups in total. The molecular weight excluding hydrogens is 360 g/mol. The van der Waals surface area contributed by atoms with Gasteiger partial charge in [-0.1, -0.05) is 0 Å². The van der Waals surface area contributed by atoms with E-state index in [4.69, 9.17) is 5.11 Å². The Morgan fingerprint density at radius 2 is 1.80 bits per heavy atom. The SMILES string of the molecule is O=C(O)c1ccc(C(=O)N2CCN(c3ncnc4sccc34)CC2)s1. The quantitative estimate of drug-likeness (QED) is 0.758. The number of carbonyl (C=O) groups is 2. The maximum absolute atomic E-state index is 12.6. The predicted molar refractivity (Wildman–Crippen MR) is 96.8 cm³/mol. The van der Waals surface area contributed by atoms with Gasteiger partial charge in [-0.2, -0.15) is 0 Å². The predicted octanol–water partition coefficient (Wildman–Crippen LogP) is 2.41. The van der Waals surface area contributed by atoms with Crippen molar-refractivity contribution in [2.45, 2.75) is 0 Å². The van der Waals surface area contributed by atoms with Crippen molar-refractivity contribution in [2.75, 3.05) is 31.1 Å². The van der Waals surface area contributed by atoms with Gasteiger partial charge in [-0.15, -0.1) is 22.7 Å². The molecule has 4 heterocycles. The summed E-state index contributed by atoms with van der Waals surface area (Å²) >= 11 is 2.60. The van der Waals surface area contributed by atoms with Gasteiger partial charge in [0.1, 0.15) is 21.9 Å². The zero-order valence-electron chi connectivity index (χ0n) is 13.1. The Bertz CT molecular complexity index is 944. The molecule has 7 nitrogen and oxygen atoms in total. The first kappa shape index (κ1) is 16.0. The van der Waals surface area contributed by atoms with Crippen LogP contribution in [0.2, 0.25) is 0 Å². The number of hydrogen-bond donors (Lipinski definition) is 1. The first-order chi connectivity index (χ1) is 12.1. The molecule has 3 aromatic rings. The van der Waals surface area contributed by atoms with Crippen molar-refractivity contribution >= 4 is 50.6 Å². The molecule has 128 valence electrons. The van der Waals surface area contributed by atoms with Crippen molar-refractivity contribution < 1.29 is 14.7 Å². The summed E-state index contributed by atoms with van der Waals surface area (Å²) in [5.41, 5.74) is 0. The summed E-state index contributed by atoms with van der Waals surface area (Å²) in [5, 5.41) is 12.0. The summed E-state index contributed by atoms with van der Waals surface area (Å²) in [6.45, 7) is 2.53. The highest BCUT2D eigenvalue weighted by Crippen LogP contribution is 2.27. The minimum atomic E-state index is -1.00. The smallest absolute Gasteiger partial charge is 0.345 e. The number of piperazine rings is 1. The maximum atomic E-state index is 12.6. The summed E-state index contributed by atoms with van der Waals surface area (Å²) in [6, 6.07) is 5.08. The number of anilines is 1. The largest absolute Gasteiger partial charge is 0.477 e. The molecule has 1 aliphatic heterocycles. The lowest BCUT2D eigenvalue weighted by atomic mass is 10.2. The molecule has 3 aromatic heterocycles. The van der Waals surface area contributed by atoms with E-state index < -0.39 is 5.97 Å². The Morgan fingerprint density at radius 1 is 1.04 bits per heavy atom. The van der Waals surface area contributed by atoms with Gasteiger partial charge in [0.15, 0.2) is 0 Å². The highest BCUT2D eigenvalue weighted by molar-refractivity contribution is 7.16. The average Bonchev–Trinajstić information content (AvgIpc) is 3.30. The van der Waals surface area contributed by atoms with Gasteiger partial charge in [-0.05, 0) is 23.6 Å². The van der Waals surface area contributed by atoms with Gasteiger partial charge in [0, 0.05) is 26.2 Å². The summed E-state index contributed by atoms with van der Waals surface area (Å²) in [5.74, 6) is -0.208. The second-order valence-electron chi connectivity index (χ2n) is 5.59. The summed E-state index contributed by atoms with van der Waals surface area (Å²) < 4.78 is 0. The highest BCUT2D eigenvalue weighted by Gasteiger charge is 2.25. The van der Waals surface area contributed by atoms with Crippen LogP contribution in [0.15, 0.2) is 29.9 Å². The summed E-state index contributed by atoms with van der Waals surface area (Å²) in [4.78, 5) is 37.7. The van der Waals surface area contributed by atoms with E-state index in [1.165, 1.54) is 6.07 Å². The number of aromatic carboxylic acids is 1. The summed E-state index contributed by atoms with van der Waals surface area (Å²) in [7, 11) is 0. The second kappa shape index (κ2) is 6.41. The van der Waals surface area contributed by atoms with Crippen LogP contribution in [0.25, 0.3) is 10.2 Å². The van der Waals surface area contributed by atoms with Crippen molar-refractivity contribution in [3.8, 4) is 0 Å². The Balaban J connectivity index is 1.46. The fourth-order valence-corrected chi connectivity index (χ4v) is 4.41. The van der Waals surface area contributed by atoms with E-state index in [-0.39, 0.29) is 10.8 Å². The minimum absolute atomic E-state index is 0.111. The van der Waals surface area contributed by atoms with Crippen LogP contribution in [-0.4, -0.2) is 58.0 Å². The minimum Gasteiger partial charge on any atom is -0.477 e. The normalized spacial score (nSPS) is 14.9. The zero-order valence-corrected chi connectivity index (χ0v) is 14.7. The molecule has 4 rings (SSSR count). The Hall–Kier alpha value is -2.52. The number of hydrogen-bond acceptors (Lipinski definition) is 7. The van der Waals surface area contributed by atoms with Crippen LogP contribution in [0.4, 0.5) is 5.82 Å². The lowest BCUT2D eigenvalue weighted by molar-refractivity contribution is 0.0701. The van der Waals surface area contributed by atoms with Gasteiger partial charge in [-0.3, -0.25) is 4.79 Å². The van der Waals surface area contributed by atoms with Crippen molar-refractivity contribution in [1.29, 1.82) is 0 Å².